The summed E-state index contributed by atoms with van der Waals surface area (Å²) in [7, 11) is 0. The van der Waals surface area contributed by atoms with Crippen LogP contribution in [0.4, 0.5) is 0 Å². The second-order valence-electron chi connectivity index (χ2n) is 5.58. The van der Waals surface area contributed by atoms with E-state index in [4.69, 9.17) is 5.11 Å². The highest BCUT2D eigenvalue weighted by atomic mass is 32.1. The topological polar surface area (TPSA) is 66.4 Å². The van der Waals surface area contributed by atoms with Gasteiger partial charge in [-0.05, 0) is 44.1 Å². The van der Waals surface area contributed by atoms with Gasteiger partial charge < -0.3 is 10.4 Å². The zero-order chi connectivity index (χ0) is 14.5. The fraction of sp³-hybridized carbons (Fsp3) is 0.600. The van der Waals surface area contributed by atoms with Crippen molar-refractivity contribution in [3.8, 4) is 0 Å². The molecule has 1 fully saturated rings. The van der Waals surface area contributed by atoms with Crippen molar-refractivity contribution >= 4 is 23.2 Å². The first-order valence-corrected chi connectivity index (χ1v) is 7.99. The van der Waals surface area contributed by atoms with Crippen LogP contribution in [0.5, 0.6) is 0 Å². The Hall–Kier alpha value is -1.36. The third-order valence-corrected chi connectivity index (χ3v) is 4.82. The van der Waals surface area contributed by atoms with Crippen molar-refractivity contribution in [3.05, 3.63) is 22.4 Å². The molecule has 20 heavy (non-hydrogen) atoms. The first kappa shape index (κ1) is 15.0. The van der Waals surface area contributed by atoms with E-state index >= 15 is 0 Å². The molecule has 1 amide bonds. The molecule has 1 aliphatic rings. The third kappa shape index (κ3) is 4.07. The molecule has 0 aliphatic heterocycles. The van der Waals surface area contributed by atoms with Gasteiger partial charge >= 0.3 is 5.97 Å². The van der Waals surface area contributed by atoms with Gasteiger partial charge in [0.2, 0.25) is 5.91 Å². The van der Waals surface area contributed by atoms with E-state index in [0.29, 0.717) is 25.7 Å². The molecule has 1 aromatic heterocycles. The van der Waals surface area contributed by atoms with Gasteiger partial charge in [-0.2, -0.15) is 0 Å². The van der Waals surface area contributed by atoms with Gasteiger partial charge in [0.25, 0.3) is 0 Å². The van der Waals surface area contributed by atoms with Crippen molar-refractivity contribution in [2.45, 2.75) is 45.1 Å². The summed E-state index contributed by atoms with van der Waals surface area (Å²) >= 11 is 1.70. The molecule has 0 aromatic carbocycles. The van der Waals surface area contributed by atoms with Gasteiger partial charge in [-0.25, -0.2) is 0 Å². The highest BCUT2D eigenvalue weighted by Gasteiger charge is 2.30. The summed E-state index contributed by atoms with van der Waals surface area (Å²) in [5.41, 5.74) is 0. The van der Waals surface area contributed by atoms with Crippen LogP contribution in [-0.2, 0) is 16.0 Å². The molecule has 1 aliphatic carbocycles. The van der Waals surface area contributed by atoms with Crippen LogP contribution in [-0.4, -0.2) is 23.0 Å². The zero-order valence-electron chi connectivity index (χ0n) is 11.7. The predicted octanol–water partition coefficient (Wildman–Crippen LogP) is 2.69. The van der Waals surface area contributed by atoms with Crippen molar-refractivity contribution in [1.29, 1.82) is 0 Å². The van der Waals surface area contributed by atoms with E-state index in [2.05, 4.69) is 11.4 Å². The summed E-state index contributed by atoms with van der Waals surface area (Å²) in [5.74, 6) is -0.924. The lowest BCUT2D eigenvalue weighted by Crippen LogP contribution is -2.40. The number of rotatable bonds is 5. The molecule has 4 nitrogen and oxygen atoms in total. The third-order valence-electron chi connectivity index (χ3n) is 3.92. The fourth-order valence-electron chi connectivity index (χ4n) is 2.74. The lowest BCUT2D eigenvalue weighted by molar-refractivity contribution is -0.144. The van der Waals surface area contributed by atoms with Gasteiger partial charge in [-0.15, -0.1) is 11.3 Å². The summed E-state index contributed by atoms with van der Waals surface area (Å²) in [6, 6.07) is 4.21. The second-order valence-corrected chi connectivity index (χ2v) is 6.61. The Kier molecular flexibility index (Phi) is 5.17. The molecule has 110 valence electrons. The lowest BCUT2D eigenvalue weighted by atomic mass is 9.81. The van der Waals surface area contributed by atoms with Gasteiger partial charge in [-0.1, -0.05) is 6.07 Å². The number of nitrogens with one attached hydrogen (secondary N) is 1. The molecule has 1 heterocycles. The van der Waals surface area contributed by atoms with Crippen molar-refractivity contribution in [2.24, 2.45) is 11.8 Å². The van der Waals surface area contributed by atoms with Crippen molar-refractivity contribution < 1.29 is 14.7 Å². The quantitative estimate of drug-likeness (QED) is 0.877. The highest BCUT2D eigenvalue weighted by molar-refractivity contribution is 7.09. The normalized spacial score (nSPS) is 24.1. The maximum Gasteiger partial charge on any atom is 0.306 e. The number of thiophene rings is 1. The van der Waals surface area contributed by atoms with Crippen LogP contribution in [0.2, 0.25) is 0 Å². The zero-order valence-corrected chi connectivity index (χ0v) is 12.5. The molecule has 1 saturated carbocycles. The molecule has 5 heteroatoms. The van der Waals surface area contributed by atoms with Crippen LogP contribution in [0, 0.1) is 11.8 Å². The van der Waals surface area contributed by atoms with Crippen molar-refractivity contribution in [2.75, 3.05) is 0 Å². The largest absolute Gasteiger partial charge is 0.481 e. The van der Waals surface area contributed by atoms with E-state index < -0.39 is 5.97 Å². The molecular weight excluding hydrogens is 274 g/mol. The molecular formula is C15H21NO3S. The smallest absolute Gasteiger partial charge is 0.306 e. The van der Waals surface area contributed by atoms with E-state index in [1.54, 1.807) is 11.3 Å². The van der Waals surface area contributed by atoms with Gasteiger partial charge in [-0.3, -0.25) is 9.59 Å². The minimum Gasteiger partial charge on any atom is -0.481 e. The standard InChI is InChI=1S/C15H21NO3S/c1-10(9-13-3-2-8-20-13)16-14(17)11-4-6-12(7-5-11)15(18)19/h2-3,8,10-12H,4-7,9H2,1H3,(H,16,17)(H,18,19). The Morgan fingerprint density at radius 1 is 1.35 bits per heavy atom. The van der Waals surface area contributed by atoms with Crippen molar-refractivity contribution in [1.82, 2.24) is 5.32 Å². The minimum absolute atomic E-state index is 0.0172. The van der Waals surface area contributed by atoms with Gasteiger partial charge in [0.05, 0.1) is 5.92 Å². The van der Waals surface area contributed by atoms with E-state index in [9.17, 15) is 9.59 Å². The average molecular weight is 295 g/mol. The molecule has 0 radical (unpaired) electrons. The number of amides is 1. The summed E-state index contributed by atoms with van der Waals surface area (Å²) in [6.45, 7) is 2.01. The molecule has 1 atom stereocenters. The molecule has 1 unspecified atom stereocenters. The van der Waals surface area contributed by atoms with Crippen LogP contribution < -0.4 is 5.32 Å². The maximum atomic E-state index is 12.2. The molecule has 2 N–H and O–H groups in total. The van der Waals surface area contributed by atoms with E-state index in [0.717, 1.165) is 6.42 Å². The SMILES string of the molecule is CC(Cc1cccs1)NC(=O)C1CCC(C(=O)O)CC1. The van der Waals surface area contributed by atoms with E-state index in [1.165, 1.54) is 4.88 Å². The van der Waals surface area contributed by atoms with Crippen molar-refractivity contribution in [3.63, 3.8) is 0 Å². The van der Waals surface area contributed by atoms with Crippen LogP contribution >= 0.6 is 11.3 Å². The van der Waals surface area contributed by atoms with Crippen LogP contribution in [0.15, 0.2) is 17.5 Å². The summed E-state index contributed by atoms with van der Waals surface area (Å²) in [4.78, 5) is 24.3. The number of hydrogen-bond donors (Lipinski definition) is 2. The summed E-state index contributed by atoms with van der Waals surface area (Å²) < 4.78 is 0. The fourth-order valence-corrected chi connectivity index (χ4v) is 3.58. The van der Waals surface area contributed by atoms with Gasteiger partial charge in [0, 0.05) is 23.3 Å². The number of carboxylic acids is 1. The maximum absolute atomic E-state index is 12.2. The Labute approximate surface area is 123 Å². The summed E-state index contributed by atoms with van der Waals surface area (Å²) in [5, 5.41) is 14.0. The average Bonchev–Trinajstić information content (AvgIpc) is 2.91. The van der Waals surface area contributed by atoms with Crippen LogP contribution in [0.25, 0.3) is 0 Å². The molecule has 0 saturated heterocycles. The first-order valence-electron chi connectivity index (χ1n) is 7.12. The predicted molar refractivity (Wildman–Crippen MR) is 78.7 cm³/mol. The number of carbonyl (C=O) groups is 2. The highest BCUT2D eigenvalue weighted by Crippen LogP contribution is 2.29. The number of aliphatic carboxylic acids is 1. The monoisotopic (exact) mass is 295 g/mol. The minimum atomic E-state index is -0.727. The lowest BCUT2D eigenvalue weighted by Gasteiger charge is -2.26. The first-order chi connectivity index (χ1) is 9.56. The number of carbonyl (C=O) groups excluding carboxylic acids is 1. The van der Waals surface area contributed by atoms with E-state index in [-0.39, 0.29) is 23.8 Å². The van der Waals surface area contributed by atoms with Gasteiger partial charge in [0.15, 0.2) is 0 Å². The van der Waals surface area contributed by atoms with E-state index in [1.807, 2.05) is 18.4 Å². The molecule has 1 aromatic rings. The molecule has 0 bridgehead atoms. The second kappa shape index (κ2) is 6.88. The molecule has 0 spiro atoms. The number of hydrogen-bond acceptors (Lipinski definition) is 3. The molecule has 2 rings (SSSR count). The van der Waals surface area contributed by atoms with Gasteiger partial charge in [0.1, 0.15) is 0 Å². The Morgan fingerprint density at radius 2 is 2.00 bits per heavy atom. The summed E-state index contributed by atoms with van der Waals surface area (Å²) in [6.07, 6.45) is 3.47. The number of carboxylic acid groups (broad SMARTS) is 1. The Bertz CT molecular complexity index is 450. The van der Waals surface area contributed by atoms with Crippen LogP contribution in [0.3, 0.4) is 0 Å². The van der Waals surface area contributed by atoms with Crippen LogP contribution in [0.1, 0.15) is 37.5 Å². The Morgan fingerprint density at radius 3 is 2.55 bits per heavy atom. The Balaban J connectivity index is 1.76.